The lowest BCUT2D eigenvalue weighted by molar-refractivity contribution is 0.495. The number of hydrogen-bond acceptors (Lipinski definition) is 5. The Bertz CT molecular complexity index is 995. The highest BCUT2D eigenvalue weighted by Gasteiger charge is 2.20. The van der Waals surface area contributed by atoms with Crippen molar-refractivity contribution in [3.05, 3.63) is 65.9 Å². The molecule has 1 aliphatic heterocycles. The second kappa shape index (κ2) is 7.79. The molecule has 2 N–H and O–H groups in total. The molecule has 1 fully saturated rings. The molecule has 0 saturated carbocycles. The van der Waals surface area contributed by atoms with E-state index >= 15 is 0 Å². The summed E-state index contributed by atoms with van der Waals surface area (Å²) in [5, 5.41) is 9.10. The van der Waals surface area contributed by atoms with Crippen LogP contribution >= 0.6 is 0 Å². The van der Waals surface area contributed by atoms with Gasteiger partial charge in [0.05, 0.1) is 17.3 Å². The Morgan fingerprint density at radius 3 is 2.29 bits per heavy atom. The van der Waals surface area contributed by atoms with E-state index in [-0.39, 0.29) is 6.04 Å². The van der Waals surface area contributed by atoms with Gasteiger partial charge in [-0.25, -0.2) is 9.97 Å². The van der Waals surface area contributed by atoms with Gasteiger partial charge >= 0.3 is 0 Å². The van der Waals surface area contributed by atoms with Gasteiger partial charge in [0.15, 0.2) is 0 Å². The van der Waals surface area contributed by atoms with Gasteiger partial charge in [0.1, 0.15) is 0 Å². The zero-order chi connectivity index (χ0) is 19.5. The van der Waals surface area contributed by atoms with Gasteiger partial charge in [0.25, 0.3) is 0 Å². The van der Waals surface area contributed by atoms with E-state index < -0.39 is 0 Å². The van der Waals surface area contributed by atoms with Gasteiger partial charge in [0.2, 0.25) is 5.95 Å². The average molecular weight is 369 g/mol. The first kappa shape index (κ1) is 18.1. The van der Waals surface area contributed by atoms with E-state index in [4.69, 9.17) is 16.0 Å². The van der Waals surface area contributed by atoms with E-state index in [0.29, 0.717) is 5.56 Å². The number of anilines is 1. The fourth-order valence-corrected chi connectivity index (χ4v) is 3.49. The number of hydrogen-bond donors (Lipinski definition) is 1. The van der Waals surface area contributed by atoms with Crippen LogP contribution in [0.4, 0.5) is 5.95 Å². The zero-order valence-electron chi connectivity index (χ0n) is 16.0. The van der Waals surface area contributed by atoms with E-state index in [1.807, 2.05) is 30.5 Å². The van der Waals surface area contributed by atoms with Gasteiger partial charge in [-0.3, -0.25) is 0 Å². The van der Waals surface area contributed by atoms with Gasteiger partial charge in [-0.1, -0.05) is 42.0 Å². The van der Waals surface area contributed by atoms with Crippen molar-refractivity contribution in [1.82, 2.24) is 9.97 Å². The molecule has 5 heteroatoms. The number of aryl methyl sites for hydroxylation is 1. The van der Waals surface area contributed by atoms with Crippen LogP contribution in [0.3, 0.4) is 0 Å². The summed E-state index contributed by atoms with van der Waals surface area (Å²) in [6, 6.07) is 18.4. The van der Waals surface area contributed by atoms with Crippen LogP contribution in [0.1, 0.15) is 24.0 Å². The lowest BCUT2D eigenvalue weighted by Gasteiger charge is -2.30. The van der Waals surface area contributed by atoms with E-state index in [1.165, 1.54) is 5.56 Å². The summed E-state index contributed by atoms with van der Waals surface area (Å²) in [4.78, 5) is 11.8. The van der Waals surface area contributed by atoms with Crippen molar-refractivity contribution in [2.24, 2.45) is 5.73 Å². The Morgan fingerprint density at radius 1 is 1.00 bits per heavy atom. The zero-order valence-corrected chi connectivity index (χ0v) is 16.0. The van der Waals surface area contributed by atoms with Crippen molar-refractivity contribution in [2.45, 2.75) is 25.8 Å². The fraction of sp³-hybridized carbons (Fsp3) is 0.261. The van der Waals surface area contributed by atoms with Gasteiger partial charge < -0.3 is 10.6 Å². The molecule has 0 spiro atoms. The third-order valence-corrected chi connectivity index (χ3v) is 5.25. The predicted octanol–water partition coefficient (Wildman–Crippen LogP) is 3.92. The lowest BCUT2D eigenvalue weighted by Crippen LogP contribution is -2.40. The minimum atomic E-state index is 0.265. The van der Waals surface area contributed by atoms with Gasteiger partial charge in [-0.15, -0.1) is 0 Å². The first-order chi connectivity index (χ1) is 13.6. The number of nitrogens with zero attached hydrogens (tertiary/aromatic N) is 4. The molecule has 0 radical (unpaired) electrons. The molecule has 3 aromatic rings. The van der Waals surface area contributed by atoms with Crippen LogP contribution in [-0.4, -0.2) is 29.1 Å². The standard InChI is InChI=1S/C23H23N5/c1-16-2-6-18(7-3-16)21-15-26-23(28-12-10-20(25)11-13-28)27-22(21)19-8-4-17(14-24)5-9-19/h2-9,15,20H,10-13,25H2,1H3. The van der Waals surface area contributed by atoms with Crippen molar-refractivity contribution >= 4 is 5.95 Å². The van der Waals surface area contributed by atoms with Crippen LogP contribution in [-0.2, 0) is 0 Å². The Balaban J connectivity index is 1.79. The summed E-state index contributed by atoms with van der Waals surface area (Å²) in [6.07, 6.45) is 3.82. The summed E-state index contributed by atoms with van der Waals surface area (Å²) >= 11 is 0. The smallest absolute Gasteiger partial charge is 0.225 e. The first-order valence-electron chi connectivity index (χ1n) is 9.59. The molecule has 5 nitrogen and oxygen atoms in total. The minimum absolute atomic E-state index is 0.265. The molecule has 2 heterocycles. The largest absolute Gasteiger partial charge is 0.341 e. The average Bonchev–Trinajstić information content (AvgIpc) is 2.75. The number of rotatable bonds is 3. The first-order valence-corrected chi connectivity index (χ1v) is 9.59. The molecule has 0 bridgehead atoms. The Labute approximate surface area is 165 Å². The quantitative estimate of drug-likeness (QED) is 0.757. The summed E-state index contributed by atoms with van der Waals surface area (Å²) < 4.78 is 0. The van der Waals surface area contributed by atoms with Crippen molar-refractivity contribution in [3.8, 4) is 28.5 Å². The summed E-state index contributed by atoms with van der Waals surface area (Å²) in [7, 11) is 0. The minimum Gasteiger partial charge on any atom is -0.341 e. The summed E-state index contributed by atoms with van der Waals surface area (Å²) in [5.74, 6) is 0.738. The molecular weight excluding hydrogens is 346 g/mol. The molecular formula is C23H23N5. The van der Waals surface area contributed by atoms with Crippen LogP contribution < -0.4 is 10.6 Å². The molecule has 28 heavy (non-hydrogen) atoms. The second-order valence-electron chi connectivity index (χ2n) is 7.31. The third kappa shape index (κ3) is 3.73. The number of aromatic nitrogens is 2. The molecule has 0 atom stereocenters. The van der Waals surface area contributed by atoms with Crippen LogP contribution in [0.2, 0.25) is 0 Å². The van der Waals surface area contributed by atoms with Crippen molar-refractivity contribution in [1.29, 1.82) is 5.26 Å². The van der Waals surface area contributed by atoms with Crippen LogP contribution in [0, 0.1) is 18.3 Å². The number of nitriles is 1. The number of piperidine rings is 1. The maximum Gasteiger partial charge on any atom is 0.225 e. The molecule has 0 amide bonds. The molecule has 1 saturated heterocycles. The molecule has 4 rings (SSSR count). The molecule has 0 unspecified atom stereocenters. The van der Waals surface area contributed by atoms with E-state index in [1.54, 1.807) is 0 Å². The lowest BCUT2D eigenvalue weighted by atomic mass is 9.99. The Morgan fingerprint density at radius 2 is 1.64 bits per heavy atom. The third-order valence-electron chi connectivity index (χ3n) is 5.25. The Hall–Kier alpha value is -3.23. The summed E-state index contributed by atoms with van der Waals surface area (Å²) in [6.45, 7) is 3.82. The second-order valence-corrected chi connectivity index (χ2v) is 7.31. The highest BCUT2D eigenvalue weighted by atomic mass is 15.3. The van der Waals surface area contributed by atoms with Crippen LogP contribution in [0.5, 0.6) is 0 Å². The highest BCUT2D eigenvalue weighted by molar-refractivity contribution is 5.81. The SMILES string of the molecule is Cc1ccc(-c2cnc(N3CCC(N)CC3)nc2-c2ccc(C#N)cc2)cc1. The predicted molar refractivity (Wildman–Crippen MR) is 112 cm³/mol. The van der Waals surface area contributed by atoms with E-state index in [2.05, 4.69) is 47.1 Å². The fourth-order valence-electron chi connectivity index (χ4n) is 3.49. The maximum absolute atomic E-state index is 9.10. The normalized spacial score (nSPS) is 14.7. The van der Waals surface area contributed by atoms with Gasteiger partial charge in [-0.2, -0.15) is 5.26 Å². The van der Waals surface area contributed by atoms with Crippen molar-refractivity contribution < 1.29 is 0 Å². The topological polar surface area (TPSA) is 78.8 Å². The van der Waals surface area contributed by atoms with E-state index in [0.717, 1.165) is 54.3 Å². The molecule has 1 aromatic heterocycles. The Kier molecular flexibility index (Phi) is 5.05. The van der Waals surface area contributed by atoms with Gasteiger partial charge in [0, 0.05) is 36.5 Å². The summed E-state index contributed by atoms with van der Waals surface area (Å²) in [5.41, 5.74) is 11.8. The molecule has 140 valence electrons. The van der Waals surface area contributed by atoms with Crippen LogP contribution in [0.15, 0.2) is 54.7 Å². The number of benzene rings is 2. The van der Waals surface area contributed by atoms with Gasteiger partial charge in [-0.05, 0) is 37.5 Å². The molecule has 1 aliphatic rings. The van der Waals surface area contributed by atoms with Crippen LogP contribution in [0.25, 0.3) is 22.4 Å². The van der Waals surface area contributed by atoms with E-state index in [9.17, 15) is 0 Å². The van der Waals surface area contributed by atoms with Crippen molar-refractivity contribution in [3.63, 3.8) is 0 Å². The molecule has 2 aromatic carbocycles. The molecule has 0 aliphatic carbocycles. The monoisotopic (exact) mass is 369 g/mol. The number of nitrogens with two attached hydrogens (primary N) is 1. The maximum atomic E-state index is 9.10. The van der Waals surface area contributed by atoms with Crippen molar-refractivity contribution in [2.75, 3.05) is 18.0 Å². The highest BCUT2D eigenvalue weighted by Crippen LogP contribution is 2.32.